The molecule has 8 heteroatoms. The Balaban J connectivity index is 2.28. The molecule has 128 valence electrons. The molecule has 1 aromatic carbocycles. The first-order valence-electron chi connectivity index (χ1n) is 7.05. The second kappa shape index (κ2) is 7.24. The third-order valence-corrected chi connectivity index (χ3v) is 3.66. The van der Waals surface area contributed by atoms with Crippen LogP contribution in [0.15, 0.2) is 18.2 Å². The minimum absolute atomic E-state index is 0.0983. The minimum atomic E-state index is -1.56. The van der Waals surface area contributed by atoms with Crippen LogP contribution in [0, 0.1) is 0 Å². The fourth-order valence-electron chi connectivity index (χ4n) is 2.31. The zero-order valence-electron chi connectivity index (χ0n) is 12.7. The van der Waals surface area contributed by atoms with E-state index in [0.717, 1.165) is 0 Å². The first-order valence-corrected chi connectivity index (χ1v) is 7.05. The monoisotopic (exact) mass is 328 g/mol. The van der Waals surface area contributed by atoms with E-state index in [2.05, 4.69) is 0 Å². The molecule has 1 saturated heterocycles. The van der Waals surface area contributed by atoms with Crippen LogP contribution in [0.1, 0.15) is 17.3 Å². The summed E-state index contributed by atoms with van der Waals surface area (Å²) < 4.78 is 15.8. The van der Waals surface area contributed by atoms with Crippen LogP contribution >= 0.6 is 0 Å². The lowest BCUT2D eigenvalue weighted by Crippen LogP contribution is -2.60. The number of aliphatic hydroxyl groups is 4. The Morgan fingerprint density at radius 3 is 2.48 bits per heavy atom. The van der Waals surface area contributed by atoms with Gasteiger partial charge in [0, 0.05) is 6.07 Å². The van der Waals surface area contributed by atoms with Crippen LogP contribution in [-0.2, 0) is 4.74 Å². The van der Waals surface area contributed by atoms with E-state index in [4.69, 9.17) is 19.3 Å². The van der Waals surface area contributed by atoms with Gasteiger partial charge in [0.2, 0.25) is 6.29 Å². The first kappa shape index (κ1) is 17.6. The summed E-state index contributed by atoms with van der Waals surface area (Å²) in [5.41, 5.74) is 0.239. The van der Waals surface area contributed by atoms with Gasteiger partial charge in [-0.25, -0.2) is 0 Å². The van der Waals surface area contributed by atoms with Crippen molar-refractivity contribution in [3.05, 3.63) is 23.8 Å². The number of benzene rings is 1. The van der Waals surface area contributed by atoms with Crippen LogP contribution in [0.5, 0.6) is 11.5 Å². The fraction of sp³-hybridized carbons (Fsp3) is 0.533. The number of methoxy groups -OCH3 is 1. The van der Waals surface area contributed by atoms with Crippen LogP contribution in [0.4, 0.5) is 0 Å². The lowest BCUT2D eigenvalue weighted by atomic mass is 9.99. The Morgan fingerprint density at radius 1 is 1.22 bits per heavy atom. The van der Waals surface area contributed by atoms with Crippen molar-refractivity contribution < 1.29 is 39.4 Å². The molecule has 4 N–H and O–H groups in total. The van der Waals surface area contributed by atoms with E-state index in [1.807, 2.05) is 0 Å². The van der Waals surface area contributed by atoms with Gasteiger partial charge in [-0.15, -0.1) is 0 Å². The molecule has 0 radical (unpaired) electrons. The molecule has 1 aliphatic heterocycles. The van der Waals surface area contributed by atoms with Crippen molar-refractivity contribution in [2.45, 2.75) is 37.6 Å². The lowest BCUT2D eigenvalue weighted by molar-refractivity contribution is -0.277. The van der Waals surface area contributed by atoms with Gasteiger partial charge in [-0.3, -0.25) is 4.79 Å². The average molecular weight is 328 g/mol. The summed E-state index contributed by atoms with van der Waals surface area (Å²) in [6.07, 6.45) is -7.05. The second-order valence-electron chi connectivity index (χ2n) is 5.23. The quantitative estimate of drug-likeness (QED) is 0.511. The van der Waals surface area contributed by atoms with E-state index >= 15 is 0 Å². The first-order chi connectivity index (χ1) is 10.9. The number of hydrogen-bond acceptors (Lipinski definition) is 8. The van der Waals surface area contributed by atoms with E-state index < -0.39 is 37.3 Å². The molecule has 1 heterocycles. The third-order valence-electron chi connectivity index (χ3n) is 3.66. The molecular formula is C15H20O8. The fourth-order valence-corrected chi connectivity index (χ4v) is 2.31. The second-order valence-corrected chi connectivity index (χ2v) is 5.23. The predicted molar refractivity (Wildman–Crippen MR) is 77.4 cm³/mol. The van der Waals surface area contributed by atoms with Gasteiger partial charge < -0.3 is 34.6 Å². The predicted octanol–water partition coefficient (Wildman–Crippen LogP) is -0.924. The maximum absolute atomic E-state index is 11.7. The van der Waals surface area contributed by atoms with Gasteiger partial charge in [-0.05, 0) is 19.1 Å². The van der Waals surface area contributed by atoms with Gasteiger partial charge >= 0.3 is 0 Å². The third kappa shape index (κ3) is 3.62. The van der Waals surface area contributed by atoms with Crippen molar-refractivity contribution >= 4 is 5.78 Å². The van der Waals surface area contributed by atoms with Gasteiger partial charge in [0.25, 0.3) is 0 Å². The number of hydrogen-bond donors (Lipinski definition) is 4. The number of ketones is 1. The Labute approximate surface area is 132 Å². The maximum Gasteiger partial charge on any atom is 0.229 e. The zero-order valence-corrected chi connectivity index (χ0v) is 12.7. The molecule has 23 heavy (non-hydrogen) atoms. The maximum atomic E-state index is 11.7. The molecule has 0 bridgehead atoms. The van der Waals surface area contributed by atoms with Crippen molar-refractivity contribution in [1.29, 1.82) is 0 Å². The molecule has 0 amide bonds. The van der Waals surface area contributed by atoms with E-state index in [1.54, 1.807) is 6.07 Å². The number of carbonyl (C=O) groups excluding carboxylic acids is 1. The Kier molecular flexibility index (Phi) is 5.55. The van der Waals surface area contributed by atoms with Gasteiger partial charge in [0.05, 0.1) is 19.3 Å². The highest BCUT2D eigenvalue weighted by atomic mass is 16.7. The van der Waals surface area contributed by atoms with Gasteiger partial charge in [-0.2, -0.15) is 0 Å². The van der Waals surface area contributed by atoms with Crippen molar-refractivity contribution in [3.8, 4) is 11.5 Å². The van der Waals surface area contributed by atoms with Crippen LogP contribution in [0.2, 0.25) is 0 Å². The summed E-state index contributed by atoms with van der Waals surface area (Å²) in [5, 5.41) is 38.7. The molecule has 0 saturated carbocycles. The van der Waals surface area contributed by atoms with Crippen molar-refractivity contribution in [2.24, 2.45) is 0 Å². The number of rotatable bonds is 5. The van der Waals surface area contributed by atoms with E-state index in [-0.39, 0.29) is 17.1 Å². The molecule has 0 aliphatic carbocycles. The average Bonchev–Trinajstić information content (AvgIpc) is 2.54. The summed E-state index contributed by atoms with van der Waals surface area (Å²) in [4.78, 5) is 11.7. The smallest absolute Gasteiger partial charge is 0.229 e. The molecule has 5 atom stereocenters. The summed E-state index contributed by atoms with van der Waals surface area (Å²) in [6.45, 7) is 0.782. The summed E-state index contributed by atoms with van der Waals surface area (Å²) in [5.74, 6) is 0.253. The number of carbonyl (C=O) groups is 1. The van der Waals surface area contributed by atoms with Crippen molar-refractivity contribution in [3.63, 3.8) is 0 Å². The Bertz CT molecular complexity index is 558. The SMILES string of the molecule is COc1ccc(C(C)=O)c(O[C@H]2O[C@H](CO)[C@@H](O)[C@H](O)[C@H]2O)c1. The molecule has 8 nitrogen and oxygen atoms in total. The highest BCUT2D eigenvalue weighted by molar-refractivity contribution is 5.97. The normalized spacial score (nSPS) is 30.8. The molecule has 1 aromatic rings. The summed E-state index contributed by atoms with van der Waals surface area (Å²) >= 11 is 0. The molecule has 1 aliphatic rings. The molecule has 1 fully saturated rings. The van der Waals surface area contributed by atoms with E-state index in [1.165, 1.54) is 26.2 Å². The van der Waals surface area contributed by atoms with Crippen molar-refractivity contribution in [1.82, 2.24) is 0 Å². The number of Topliss-reactive ketones (excluding diaryl/α,β-unsaturated/α-hetero) is 1. The minimum Gasteiger partial charge on any atom is -0.497 e. The molecular weight excluding hydrogens is 308 g/mol. The molecule has 0 spiro atoms. The standard InChI is InChI=1S/C15H20O8/c1-7(17)9-4-3-8(21-2)5-10(9)22-15-14(20)13(19)12(18)11(6-16)23-15/h3-5,11-16,18-20H,6H2,1-2H3/t11-,12-,13+,14-,15+/m1/s1. The summed E-state index contributed by atoms with van der Waals surface area (Å²) in [7, 11) is 1.44. The number of ether oxygens (including phenoxy) is 3. The topological polar surface area (TPSA) is 126 Å². The van der Waals surface area contributed by atoms with E-state index in [9.17, 15) is 20.1 Å². The van der Waals surface area contributed by atoms with Gasteiger partial charge in [0.15, 0.2) is 5.78 Å². The van der Waals surface area contributed by atoms with Crippen LogP contribution in [0.3, 0.4) is 0 Å². The summed E-state index contributed by atoms with van der Waals surface area (Å²) in [6, 6.07) is 4.52. The molecule has 0 unspecified atom stereocenters. The highest BCUT2D eigenvalue weighted by Crippen LogP contribution is 2.29. The Hall–Kier alpha value is -1.71. The van der Waals surface area contributed by atoms with Crippen LogP contribution in [-0.4, -0.2) is 70.6 Å². The van der Waals surface area contributed by atoms with Crippen molar-refractivity contribution in [2.75, 3.05) is 13.7 Å². The van der Waals surface area contributed by atoms with Crippen LogP contribution in [0.25, 0.3) is 0 Å². The van der Waals surface area contributed by atoms with Gasteiger partial charge in [-0.1, -0.05) is 0 Å². The van der Waals surface area contributed by atoms with Crippen LogP contribution < -0.4 is 9.47 Å². The molecule has 2 rings (SSSR count). The zero-order chi connectivity index (χ0) is 17.1. The molecule has 0 aromatic heterocycles. The Morgan fingerprint density at radius 2 is 1.91 bits per heavy atom. The largest absolute Gasteiger partial charge is 0.497 e. The number of aliphatic hydroxyl groups excluding tert-OH is 4. The van der Waals surface area contributed by atoms with E-state index in [0.29, 0.717) is 5.75 Å². The van der Waals surface area contributed by atoms with Gasteiger partial charge in [0.1, 0.15) is 35.9 Å². The lowest BCUT2D eigenvalue weighted by Gasteiger charge is -2.39. The highest BCUT2D eigenvalue weighted by Gasteiger charge is 2.44.